The van der Waals surface area contributed by atoms with Crippen molar-refractivity contribution in [2.45, 2.75) is 90.1 Å². The summed E-state index contributed by atoms with van der Waals surface area (Å²) in [6, 6.07) is 6.05. The molecule has 0 heterocycles. The molecule has 1 aromatic rings. The van der Waals surface area contributed by atoms with Crippen LogP contribution in [0.2, 0.25) is 0 Å². The Labute approximate surface area is 241 Å². The zero-order valence-corrected chi connectivity index (χ0v) is 24.2. The van der Waals surface area contributed by atoms with E-state index in [0.29, 0.717) is 37.6 Å². The number of nitrogens with one attached hydrogen (secondary N) is 1. The smallest absolute Gasteiger partial charge is 0.306 e. The van der Waals surface area contributed by atoms with Crippen LogP contribution in [0.3, 0.4) is 0 Å². The number of hydrogen-bond donors (Lipinski definition) is 2. The molecule has 4 aliphatic carbocycles. The monoisotopic (exact) mass is 567 g/mol. The van der Waals surface area contributed by atoms with E-state index in [1.165, 1.54) is 17.7 Å². The van der Waals surface area contributed by atoms with Crippen LogP contribution in [0.15, 0.2) is 35.9 Å². The summed E-state index contributed by atoms with van der Waals surface area (Å²) in [7, 11) is 0. The number of carbonyl (C=O) groups is 4. The molecule has 222 valence electrons. The number of aliphatic hydroxyl groups is 1. The number of fused-ring (bicyclic) bond motifs is 5. The highest BCUT2D eigenvalue weighted by molar-refractivity contribution is 5.92. The highest BCUT2D eigenvalue weighted by atomic mass is 19.1. The minimum atomic E-state index is -1.54. The van der Waals surface area contributed by atoms with Crippen molar-refractivity contribution >= 4 is 23.4 Å². The maximum Gasteiger partial charge on any atom is 0.306 e. The Hall–Kier alpha value is -2.87. The lowest BCUT2D eigenvalue weighted by Crippen LogP contribution is -2.58. The van der Waals surface area contributed by atoms with E-state index < -0.39 is 29.4 Å². The van der Waals surface area contributed by atoms with Crippen molar-refractivity contribution in [3.63, 3.8) is 0 Å². The third-order valence-corrected chi connectivity index (χ3v) is 11.1. The van der Waals surface area contributed by atoms with Crippen LogP contribution in [0, 0.1) is 34.4 Å². The fourth-order valence-corrected chi connectivity index (χ4v) is 8.67. The number of carbonyl (C=O) groups excluding carboxylic acids is 4. The van der Waals surface area contributed by atoms with Gasteiger partial charge in [0.15, 0.2) is 12.4 Å². The SMILES string of the molecule is C[C@]12CCC(=O)C=C1CC[C@@H]1[C@@H]2CC[C@@]2(C)[C@H]1CC[C@]2(O)C(=O)COC(=O)CCC(=O)NCCc1ccc(F)cc1. The molecule has 0 aliphatic heterocycles. The number of allylic oxidation sites excluding steroid dienone is 1. The van der Waals surface area contributed by atoms with Crippen molar-refractivity contribution in [2.24, 2.45) is 28.6 Å². The number of ketones is 2. The molecule has 0 radical (unpaired) electrons. The first-order chi connectivity index (χ1) is 19.5. The molecule has 1 aromatic carbocycles. The second kappa shape index (κ2) is 11.4. The number of hydrogen-bond acceptors (Lipinski definition) is 6. The number of Topliss-reactive ketones (excluding diaryl/α,β-unsaturated/α-hetero) is 1. The summed E-state index contributed by atoms with van der Waals surface area (Å²) in [5.41, 5.74) is 0.0794. The van der Waals surface area contributed by atoms with Crippen molar-refractivity contribution in [3.05, 3.63) is 47.3 Å². The fraction of sp³-hybridized carbons (Fsp3) is 0.636. The minimum absolute atomic E-state index is 0.0195. The topological polar surface area (TPSA) is 110 Å². The zero-order valence-electron chi connectivity index (χ0n) is 24.2. The molecule has 3 fully saturated rings. The first kappa shape index (κ1) is 29.6. The van der Waals surface area contributed by atoms with E-state index in [-0.39, 0.29) is 41.7 Å². The maximum absolute atomic E-state index is 13.4. The van der Waals surface area contributed by atoms with Crippen LogP contribution < -0.4 is 5.32 Å². The molecule has 0 bridgehead atoms. The van der Waals surface area contributed by atoms with Gasteiger partial charge in [-0.1, -0.05) is 31.6 Å². The van der Waals surface area contributed by atoms with Crippen LogP contribution in [0.1, 0.15) is 83.6 Å². The Bertz CT molecular complexity index is 1240. The number of amides is 1. The molecule has 6 atom stereocenters. The molecule has 2 N–H and O–H groups in total. The van der Waals surface area contributed by atoms with E-state index in [1.807, 2.05) is 13.0 Å². The first-order valence-electron chi connectivity index (χ1n) is 15.1. The molecule has 4 aliphatic rings. The summed E-state index contributed by atoms with van der Waals surface area (Å²) in [6.45, 7) is 4.21. The van der Waals surface area contributed by atoms with Gasteiger partial charge >= 0.3 is 5.97 Å². The predicted octanol–water partition coefficient (Wildman–Crippen LogP) is 4.64. The summed E-state index contributed by atoms with van der Waals surface area (Å²) in [5.74, 6) is -0.437. The molecule has 8 heteroatoms. The largest absolute Gasteiger partial charge is 0.458 e. The second-order valence-corrected chi connectivity index (χ2v) is 13.1. The predicted molar refractivity (Wildman–Crippen MR) is 150 cm³/mol. The normalized spacial score (nSPS) is 34.1. The van der Waals surface area contributed by atoms with Gasteiger partial charge in [0.05, 0.1) is 6.42 Å². The van der Waals surface area contributed by atoms with Crippen LogP contribution in [0.25, 0.3) is 0 Å². The molecule has 3 saturated carbocycles. The standard InChI is InChI=1S/C33H42FNO6/c1-31-15-11-24(36)19-22(31)5-8-25-26(31)12-16-32(2)27(25)13-17-33(32,40)28(37)20-41-30(39)10-9-29(38)35-18-14-21-3-6-23(34)7-4-21/h3-4,6-7,19,25-27,40H,5,8-18,20H2,1-2H3,(H,35,38)/t25-,26+,27+,31+,32+,33+/m1/s1. The Morgan fingerprint density at radius 1 is 1.00 bits per heavy atom. The number of ether oxygens (including phenoxy) is 1. The molecular formula is C33H42FNO6. The summed E-state index contributed by atoms with van der Waals surface area (Å²) in [5, 5.41) is 14.5. The summed E-state index contributed by atoms with van der Waals surface area (Å²) in [4.78, 5) is 49.9. The first-order valence-corrected chi connectivity index (χ1v) is 15.1. The molecule has 0 saturated heterocycles. The van der Waals surface area contributed by atoms with E-state index in [9.17, 15) is 28.7 Å². The highest BCUT2D eigenvalue weighted by Gasteiger charge is 2.66. The lowest BCUT2D eigenvalue weighted by atomic mass is 9.46. The highest BCUT2D eigenvalue weighted by Crippen LogP contribution is 2.67. The Balaban J connectivity index is 1.11. The molecule has 1 amide bonds. The van der Waals surface area contributed by atoms with Gasteiger partial charge in [-0.05, 0) is 98.3 Å². The van der Waals surface area contributed by atoms with Crippen molar-refractivity contribution in [3.8, 4) is 0 Å². The number of rotatable bonds is 9. The van der Waals surface area contributed by atoms with Gasteiger partial charge in [-0.25, -0.2) is 4.39 Å². The van der Waals surface area contributed by atoms with E-state index >= 15 is 0 Å². The number of halogens is 1. The van der Waals surface area contributed by atoms with Crippen molar-refractivity contribution < 1.29 is 33.4 Å². The summed E-state index contributed by atoms with van der Waals surface area (Å²) in [6.07, 6.45) is 8.32. The molecule has 0 aromatic heterocycles. The van der Waals surface area contributed by atoms with E-state index in [0.717, 1.165) is 44.1 Å². The van der Waals surface area contributed by atoms with Gasteiger partial charge in [0.25, 0.3) is 0 Å². The van der Waals surface area contributed by atoms with Gasteiger partial charge in [0.1, 0.15) is 11.4 Å². The molecular weight excluding hydrogens is 525 g/mol. The van der Waals surface area contributed by atoms with Gasteiger partial charge in [0.2, 0.25) is 11.7 Å². The van der Waals surface area contributed by atoms with Gasteiger partial charge in [-0.2, -0.15) is 0 Å². The van der Waals surface area contributed by atoms with E-state index in [1.54, 1.807) is 12.1 Å². The average molecular weight is 568 g/mol. The van der Waals surface area contributed by atoms with Crippen molar-refractivity contribution in [2.75, 3.05) is 13.2 Å². The quantitative estimate of drug-likeness (QED) is 0.421. The van der Waals surface area contributed by atoms with Crippen LogP contribution in [-0.2, 0) is 30.3 Å². The molecule has 0 spiro atoms. The van der Waals surface area contributed by atoms with Crippen molar-refractivity contribution in [1.29, 1.82) is 0 Å². The zero-order chi connectivity index (χ0) is 29.4. The third kappa shape index (κ3) is 5.52. The summed E-state index contributed by atoms with van der Waals surface area (Å²) >= 11 is 0. The van der Waals surface area contributed by atoms with Crippen LogP contribution in [0.4, 0.5) is 4.39 Å². The Morgan fingerprint density at radius 3 is 2.49 bits per heavy atom. The molecule has 5 rings (SSSR count). The average Bonchev–Trinajstić information content (AvgIpc) is 3.23. The van der Waals surface area contributed by atoms with Crippen LogP contribution in [0.5, 0.6) is 0 Å². The fourth-order valence-electron chi connectivity index (χ4n) is 8.67. The maximum atomic E-state index is 13.4. The molecule has 0 unspecified atom stereocenters. The lowest BCUT2D eigenvalue weighted by molar-refractivity contribution is -0.170. The van der Waals surface area contributed by atoms with Crippen molar-refractivity contribution in [1.82, 2.24) is 5.32 Å². The third-order valence-electron chi connectivity index (χ3n) is 11.1. The van der Waals surface area contributed by atoms with E-state index in [2.05, 4.69) is 12.2 Å². The van der Waals surface area contributed by atoms with Gasteiger partial charge in [-0.15, -0.1) is 0 Å². The second-order valence-electron chi connectivity index (χ2n) is 13.1. The summed E-state index contributed by atoms with van der Waals surface area (Å²) < 4.78 is 18.2. The minimum Gasteiger partial charge on any atom is -0.458 e. The van der Waals surface area contributed by atoms with Crippen LogP contribution in [-0.4, -0.2) is 47.3 Å². The lowest BCUT2D eigenvalue weighted by Gasteiger charge is -2.58. The van der Waals surface area contributed by atoms with E-state index in [4.69, 9.17) is 4.74 Å². The van der Waals surface area contributed by atoms with Gasteiger partial charge in [0, 0.05) is 24.8 Å². The van der Waals surface area contributed by atoms with Gasteiger partial charge in [-0.3, -0.25) is 19.2 Å². The Morgan fingerprint density at radius 2 is 1.73 bits per heavy atom. The van der Waals surface area contributed by atoms with Crippen LogP contribution >= 0.6 is 0 Å². The molecule has 7 nitrogen and oxygen atoms in total. The Kier molecular flexibility index (Phi) is 8.25. The number of benzene rings is 1. The number of esters is 1. The molecule has 41 heavy (non-hydrogen) atoms. The van der Waals surface area contributed by atoms with Gasteiger partial charge < -0.3 is 15.2 Å².